The number of halogens is 1. The van der Waals surface area contributed by atoms with Gasteiger partial charge in [-0.3, -0.25) is 0 Å². The van der Waals surface area contributed by atoms with E-state index in [1.54, 1.807) is 42.5 Å². The van der Waals surface area contributed by atoms with Gasteiger partial charge >= 0.3 is 0 Å². The lowest BCUT2D eigenvalue weighted by Crippen LogP contribution is -2.14. The average molecular weight is 383 g/mol. The molecule has 0 saturated carbocycles. The second-order valence-corrected chi connectivity index (χ2v) is 8.24. The van der Waals surface area contributed by atoms with Gasteiger partial charge in [0, 0.05) is 10.6 Å². The summed E-state index contributed by atoms with van der Waals surface area (Å²) in [4.78, 5) is 4.77. The number of aromatic nitrogens is 2. The van der Waals surface area contributed by atoms with Gasteiger partial charge in [0.05, 0.1) is 15.9 Å². The summed E-state index contributed by atoms with van der Waals surface area (Å²) in [5.41, 5.74) is 2.74. The van der Waals surface area contributed by atoms with Gasteiger partial charge in [0.2, 0.25) is 0 Å². The van der Waals surface area contributed by atoms with Crippen molar-refractivity contribution in [2.24, 2.45) is 0 Å². The van der Waals surface area contributed by atoms with Gasteiger partial charge in [0.1, 0.15) is 0 Å². The van der Waals surface area contributed by atoms with Crippen LogP contribution in [0.3, 0.4) is 0 Å². The molecule has 4 rings (SSSR count). The van der Waals surface area contributed by atoms with Crippen molar-refractivity contribution < 1.29 is 8.42 Å². The number of nitrogens with zero attached hydrogens (tertiary/aromatic N) is 2. The quantitative estimate of drug-likeness (QED) is 0.506. The largest absolute Gasteiger partial charge is 0.269 e. The standard InChI is InChI=1S/C20H15ClN2O2S/c1-14-7-10-17(11-8-14)26(24,25)23-19-12-9-16(21)13-18(19)22-20(23)15-5-3-2-4-6-15/h2-13H,1H3. The highest BCUT2D eigenvalue weighted by molar-refractivity contribution is 7.90. The highest BCUT2D eigenvalue weighted by Gasteiger charge is 2.25. The maximum Gasteiger partial charge on any atom is 0.269 e. The molecule has 0 unspecified atom stereocenters. The van der Waals surface area contributed by atoms with E-state index in [-0.39, 0.29) is 4.90 Å². The number of fused-ring (bicyclic) bond motifs is 1. The Balaban J connectivity index is 2.06. The summed E-state index contributed by atoms with van der Waals surface area (Å²) < 4.78 is 28.1. The van der Waals surface area contributed by atoms with E-state index in [1.165, 1.54) is 3.97 Å². The van der Waals surface area contributed by atoms with Crippen LogP contribution in [-0.2, 0) is 10.0 Å². The Morgan fingerprint density at radius 1 is 0.923 bits per heavy atom. The maximum atomic E-state index is 13.4. The van der Waals surface area contributed by atoms with E-state index in [0.717, 1.165) is 11.1 Å². The van der Waals surface area contributed by atoms with Crippen LogP contribution >= 0.6 is 11.6 Å². The van der Waals surface area contributed by atoms with Crippen molar-refractivity contribution in [3.63, 3.8) is 0 Å². The molecule has 4 nitrogen and oxygen atoms in total. The molecule has 1 aromatic heterocycles. The van der Waals surface area contributed by atoms with E-state index in [0.29, 0.717) is 21.9 Å². The first-order valence-electron chi connectivity index (χ1n) is 8.02. The molecular weight excluding hydrogens is 368 g/mol. The number of imidazole rings is 1. The molecule has 6 heteroatoms. The van der Waals surface area contributed by atoms with Crippen LogP contribution in [0, 0.1) is 6.92 Å². The average Bonchev–Trinajstić information content (AvgIpc) is 3.02. The van der Waals surface area contributed by atoms with Gasteiger partial charge in [-0.15, -0.1) is 0 Å². The fourth-order valence-electron chi connectivity index (χ4n) is 2.86. The van der Waals surface area contributed by atoms with Crippen LogP contribution in [0.2, 0.25) is 5.02 Å². The van der Waals surface area contributed by atoms with Gasteiger partial charge in [-0.05, 0) is 37.3 Å². The predicted molar refractivity (Wildman–Crippen MR) is 104 cm³/mol. The van der Waals surface area contributed by atoms with Gasteiger partial charge in [-0.1, -0.05) is 59.6 Å². The van der Waals surface area contributed by atoms with Crippen LogP contribution in [0.25, 0.3) is 22.4 Å². The first kappa shape index (κ1) is 16.8. The minimum Gasteiger partial charge on any atom is -0.227 e. The zero-order valence-corrected chi connectivity index (χ0v) is 15.5. The van der Waals surface area contributed by atoms with Crippen molar-refractivity contribution >= 4 is 32.7 Å². The van der Waals surface area contributed by atoms with Crippen LogP contribution in [0.5, 0.6) is 0 Å². The van der Waals surface area contributed by atoms with Crippen LogP contribution in [0.4, 0.5) is 0 Å². The lowest BCUT2D eigenvalue weighted by molar-refractivity contribution is 0.589. The molecule has 1 heterocycles. The normalized spacial score (nSPS) is 11.8. The van der Waals surface area contributed by atoms with Gasteiger partial charge < -0.3 is 0 Å². The Hall–Kier alpha value is -2.63. The molecule has 0 N–H and O–H groups in total. The third-order valence-corrected chi connectivity index (χ3v) is 6.12. The van der Waals surface area contributed by atoms with Crippen LogP contribution in [0.15, 0.2) is 77.7 Å². The van der Waals surface area contributed by atoms with Gasteiger partial charge in [-0.25, -0.2) is 17.4 Å². The van der Waals surface area contributed by atoms with E-state index in [1.807, 2.05) is 37.3 Å². The van der Waals surface area contributed by atoms with Gasteiger partial charge in [0.25, 0.3) is 10.0 Å². The van der Waals surface area contributed by atoms with Gasteiger partial charge in [-0.2, -0.15) is 0 Å². The number of rotatable bonds is 3. The number of aryl methyl sites for hydroxylation is 1. The zero-order chi connectivity index (χ0) is 18.3. The van der Waals surface area contributed by atoms with Crippen molar-refractivity contribution in [3.8, 4) is 11.4 Å². The molecular formula is C20H15ClN2O2S. The molecule has 0 atom stereocenters. The Kier molecular flexibility index (Phi) is 4.05. The smallest absolute Gasteiger partial charge is 0.227 e. The Bertz CT molecular complexity index is 1200. The SMILES string of the molecule is Cc1ccc(S(=O)(=O)n2c(-c3ccccc3)nc3cc(Cl)ccc32)cc1. The van der Waals surface area contributed by atoms with Crippen molar-refractivity contribution in [1.29, 1.82) is 0 Å². The van der Waals surface area contributed by atoms with E-state index in [9.17, 15) is 8.42 Å². The molecule has 0 aliphatic carbocycles. The maximum absolute atomic E-state index is 13.4. The lowest BCUT2D eigenvalue weighted by atomic mass is 10.2. The summed E-state index contributed by atoms with van der Waals surface area (Å²) >= 11 is 6.08. The molecule has 130 valence electrons. The molecule has 0 saturated heterocycles. The Labute approximate surface area is 156 Å². The summed E-state index contributed by atoms with van der Waals surface area (Å²) in [6.07, 6.45) is 0. The summed E-state index contributed by atoms with van der Waals surface area (Å²) in [7, 11) is -3.82. The molecule has 0 bridgehead atoms. The highest BCUT2D eigenvalue weighted by Crippen LogP contribution is 2.30. The Morgan fingerprint density at radius 2 is 1.62 bits per heavy atom. The molecule has 26 heavy (non-hydrogen) atoms. The fraction of sp³-hybridized carbons (Fsp3) is 0.0500. The molecule has 0 radical (unpaired) electrons. The number of benzene rings is 3. The highest BCUT2D eigenvalue weighted by atomic mass is 35.5. The summed E-state index contributed by atoms with van der Waals surface area (Å²) in [6.45, 7) is 1.92. The third kappa shape index (κ3) is 2.79. The molecule has 0 aliphatic rings. The second kappa shape index (κ2) is 6.27. The van der Waals surface area contributed by atoms with Crippen molar-refractivity contribution in [3.05, 3.63) is 83.4 Å². The van der Waals surface area contributed by atoms with Crippen molar-refractivity contribution in [1.82, 2.24) is 8.96 Å². The minimum atomic E-state index is -3.82. The van der Waals surface area contributed by atoms with E-state index in [4.69, 9.17) is 11.6 Å². The van der Waals surface area contributed by atoms with E-state index in [2.05, 4.69) is 4.98 Å². The topological polar surface area (TPSA) is 52.0 Å². The molecule has 4 aromatic rings. The lowest BCUT2D eigenvalue weighted by Gasteiger charge is -2.11. The monoisotopic (exact) mass is 382 g/mol. The molecule has 3 aromatic carbocycles. The molecule has 0 spiro atoms. The minimum absolute atomic E-state index is 0.217. The third-order valence-electron chi connectivity index (χ3n) is 4.17. The number of hydrogen-bond acceptors (Lipinski definition) is 3. The Morgan fingerprint density at radius 3 is 2.31 bits per heavy atom. The van der Waals surface area contributed by atoms with Crippen molar-refractivity contribution in [2.75, 3.05) is 0 Å². The van der Waals surface area contributed by atoms with Crippen LogP contribution < -0.4 is 0 Å². The molecule has 0 fully saturated rings. The van der Waals surface area contributed by atoms with Gasteiger partial charge in [0.15, 0.2) is 5.82 Å². The second-order valence-electron chi connectivity index (χ2n) is 6.02. The first-order chi connectivity index (χ1) is 12.5. The van der Waals surface area contributed by atoms with Crippen molar-refractivity contribution in [2.45, 2.75) is 11.8 Å². The zero-order valence-electron chi connectivity index (χ0n) is 13.9. The van der Waals surface area contributed by atoms with Crippen LogP contribution in [-0.4, -0.2) is 17.4 Å². The van der Waals surface area contributed by atoms with Crippen LogP contribution in [0.1, 0.15) is 5.56 Å². The summed E-state index contributed by atoms with van der Waals surface area (Å²) in [5.74, 6) is 0.364. The van der Waals surface area contributed by atoms with E-state index < -0.39 is 10.0 Å². The summed E-state index contributed by atoms with van der Waals surface area (Å²) in [6, 6.07) is 21.1. The fourth-order valence-corrected chi connectivity index (χ4v) is 4.50. The predicted octanol–water partition coefficient (Wildman–Crippen LogP) is 4.90. The molecule has 0 amide bonds. The first-order valence-corrected chi connectivity index (χ1v) is 9.84. The number of hydrogen-bond donors (Lipinski definition) is 0. The summed E-state index contributed by atoms with van der Waals surface area (Å²) in [5, 5.41) is 0.509. The molecule has 0 aliphatic heterocycles. The van der Waals surface area contributed by atoms with E-state index >= 15 is 0 Å².